The maximum Gasteiger partial charge on any atom is 0.446 e. The summed E-state index contributed by atoms with van der Waals surface area (Å²) in [6, 6.07) is 15.1. The van der Waals surface area contributed by atoms with Crippen LogP contribution < -0.4 is 22.1 Å². The van der Waals surface area contributed by atoms with Crippen LogP contribution in [0.4, 0.5) is 69.7 Å². The maximum atomic E-state index is 12.8. The normalized spacial score (nSPS) is 11.2. The van der Waals surface area contributed by atoms with Crippen molar-refractivity contribution in [2.45, 2.75) is 78.7 Å². The predicted octanol–water partition coefficient (Wildman–Crippen LogP) is 10.8. The number of amides is 2. The molecule has 6 rings (SSSR count). The predicted molar refractivity (Wildman–Crippen MR) is 224 cm³/mol. The number of halogens is 12. The number of nitrogen functional groups attached to an aromatic ring is 1. The molecule has 27 heteroatoms. The fourth-order valence-electron chi connectivity index (χ4n) is 5.02. The highest BCUT2D eigenvalue weighted by Gasteiger charge is 2.34. The number of rotatable bonds is 8. The molecule has 7 N–H and O–H groups in total. The quantitative estimate of drug-likeness (QED) is 0.0542. The van der Waals surface area contributed by atoms with Gasteiger partial charge in [-0.25, -0.2) is 4.79 Å². The van der Waals surface area contributed by atoms with Gasteiger partial charge >= 0.3 is 30.7 Å². The Morgan fingerprint density at radius 2 is 0.900 bits per heavy atom. The monoisotopic (exact) mass is 1010 g/mol. The summed E-state index contributed by atoms with van der Waals surface area (Å²) in [5.41, 5.74) is 10.5. The molecule has 0 saturated heterocycles. The third-order valence-corrected chi connectivity index (χ3v) is 8.57. The smallest absolute Gasteiger partial charge is 0.446 e. The van der Waals surface area contributed by atoms with Crippen molar-refractivity contribution in [3.8, 4) is 0 Å². The number of hydrogen-bond donors (Lipinski definition) is 5. The van der Waals surface area contributed by atoms with E-state index in [-0.39, 0.29) is 57.6 Å². The summed E-state index contributed by atoms with van der Waals surface area (Å²) >= 11 is 0. The number of benzene rings is 3. The number of alkyl halides is 12. The van der Waals surface area contributed by atoms with Crippen LogP contribution in [0.5, 0.6) is 0 Å². The second kappa shape index (κ2) is 25.1. The molecule has 3 aromatic carbocycles. The zero-order valence-electron chi connectivity index (χ0n) is 37.0. The Kier molecular flexibility index (Phi) is 20.9. The second-order valence-corrected chi connectivity index (χ2v) is 14.0. The number of nitrogens with one attached hydrogen (secondary N) is 2. The van der Waals surface area contributed by atoms with Crippen LogP contribution in [-0.2, 0) is 42.7 Å². The Balaban J connectivity index is 0.000000319. The number of nitrogens with two attached hydrogens (primary N) is 2. The van der Waals surface area contributed by atoms with Crippen molar-refractivity contribution < 1.29 is 90.5 Å². The Bertz CT molecular complexity index is 2570. The highest BCUT2D eigenvalue weighted by Crippen LogP contribution is 2.35. The molecule has 6 aromatic rings. The molecule has 70 heavy (non-hydrogen) atoms. The number of carbonyl (C=O) groups excluding carboxylic acids is 3. The minimum Gasteiger partial charge on any atom is -0.475 e. The number of aldehydes is 1. The van der Waals surface area contributed by atoms with Crippen LogP contribution in [0.2, 0.25) is 0 Å². The van der Waals surface area contributed by atoms with Gasteiger partial charge < -0.3 is 40.8 Å². The molecule has 0 bridgehead atoms. The molecule has 15 nitrogen and oxygen atoms in total. The van der Waals surface area contributed by atoms with Crippen molar-refractivity contribution in [3.63, 3.8) is 0 Å². The molecule has 0 aliphatic rings. The Morgan fingerprint density at radius 1 is 0.571 bits per heavy atom. The van der Waals surface area contributed by atoms with Crippen molar-refractivity contribution in [1.29, 1.82) is 0 Å². The molecular weight excluding hydrogens is 970 g/mol. The third-order valence-electron chi connectivity index (χ3n) is 8.57. The first kappa shape index (κ1) is 58.4. The van der Waals surface area contributed by atoms with Gasteiger partial charge in [0.15, 0.2) is 0 Å². The number of carbonyl (C=O) groups is 4. The van der Waals surface area contributed by atoms with Crippen LogP contribution in [0.25, 0.3) is 0 Å². The Morgan fingerprint density at radius 3 is 1.19 bits per heavy atom. The largest absolute Gasteiger partial charge is 0.475 e. The summed E-state index contributed by atoms with van der Waals surface area (Å²) in [6.07, 6.45) is -17.7. The number of carboxylic acids is 1. The van der Waals surface area contributed by atoms with Gasteiger partial charge in [-0.15, -0.1) is 0 Å². The molecule has 0 atom stereocenters. The van der Waals surface area contributed by atoms with Crippen LogP contribution in [0.15, 0.2) is 86.4 Å². The second-order valence-electron chi connectivity index (χ2n) is 14.0. The lowest BCUT2D eigenvalue weighted by atomic mass is 10.1. The number of carboxylic acid groups (broad SMARTS) is 1. The van der Waals surface area contributed by atoms with Crippen LogP contribution in [0.1, 0.15) is 96.0 Å². The van der Waals surface area contributed by atoms with Gasteiger partial charge in [0.25, 0.3) is 11.8 Å². The number of aryl methyl sites for hydroxylation is 5. The fraction of sp³-hybridized carbons (Fsp3) is 0.279. The summed E-state index contributed by atoms with van der Waals surface area (Å²) < 4.78 is 159. The van der Waals surface area contributed by atoms with Gasteiger partial charge in [-0.1, -0.05) is 47.5 Å². The topological polar surface area (TPSA) is 243 Å². The molecule has 0 fully saturated rings. The molecule has 0 unspecified atom stereocenters. The van der Waals surface area contributed by atoms with Gasteiger partial charge in [0.2, 0.25) is 23.6 Å². The summed E-state index contributed by atoms with van der Waals surface area (Å²) in [5.74, 6) is -2.67. The van der Waals surface area contributed by atoms with E-state index in [0.717, 1.165) is 18.2 Å². The van der Waals surface area contributed by atoms with E-state index in [0.29, 0.717) is 29.9 Å². The lowest BCUT2D eigenvalue weighted by molar-refractivity contribution is -0.156. The van der Waals surface area contributed by atoms with Gasteiger partial charge in [0, 0.05) is 41.8 Å². The van der Waals surface area contributed by atoms with Crippen LogP contribution >= 0.6 is 0 Å². The number of aromatic carboxylic acids is 1. The summed E-state index contributed by atoms with van der Waals surface area (Å²) in [6.45, 7) is 7.93. The van der Waals surface area contributed by atoms with Crippen molar-refractivity contribution in [2.75, 3.05) is 16.4 Å². The lowest BCUT2D eigenvalue weighted by Gasteiger charge is -2.12. The fourth-order valence-corrected chi connectivity index (χ4v) is 5.02. The molecule has 2 amide bonds. The molecule has 0 spiro atoms. The molecule has 0 saturated carbocycles. The van der Waals surface area contributed by atoms with Gasteiger partial charge in [-0.05, 0) is 86.7 Å². The van der Waals surface area contributed by atoms with Crippen molar-refractivity contribution >= 4 is 41.1 Å². The van der Waals surface area contributed by atoms with Gasteiger partial charge in [0.05, 0.1) is 33.8 Å². The maximum absolute atomic E-state index is 12.8. The molecule has 0 aliphatic carbocycles. The number of aromatic nitrogens is 3. The van der Waals surface area contributed by atoms with Crippen molar-refractivity contribution in [3.05, 3.63) is 141 Å². The summed E-state index contributed by atoms with van der Waals surface area (Å²) in [5, 5.41) is 23.7. The van der Waals surface area contributed by atoms with E-state index in [9.17, 15) is 67.1 Å². The Labute approximate surface area is 388 Å². The Hall–Kier alpha value is -7.71. The molecule has 0 aliphatic heterocycles. The van der Waals surface area contributed by atoms with E-state index >= 15 is 0 Å². The molecular formula is C43H41F12N7O8. The van der Waals surface area contributed by atoms with Crippen LogP contribution in [-0.4, -0.2) is 50.8 Å². The standard InChI is InChI=1S/C14H13F3N2O2.C13H12F3N3O2.C8H8F3N.C6H7NO3.C2HF3O/c1-3-9-7-12(21-19-9)13(20)18-10-5-4-8(2)11(6-10)14(15,16)17;1-7-2-3-8(4-10(7)13(14,15)16)18-12(20)11-5-9(6-17)19-21-11;1-5-2-3-6(12)4-7(5)8(9,10)11;1-2-4-3-5(6(8)9)10-7-4;3-2(4,5)1-6/h4-7H,3H2,1-2H3,(H,18,20);2-5H,6,17H2,1H3,(H,18,20);2-4H,12H2,1H3;3H,2H2,1H3,(H,8,9);1H. The van der Waals surface area contributed by atoms with E-state index in [4.69, 9.17) is 30.4 Å². The lowest BCUT2D eigenvalue weighted by Crippen LogP contribution is -2.13. The number of hydrogen-bond acceptors (Lipinski definition) is 12. The van der Waals surface area contributed by atoms with Crippen molar-refractivity contribution in [1.82, 2.24) is 15.5 Å². The van der Waals surface area contributed by atoms with Gasteiger partial charge in [0.1, 0.15) is 0 Å². The van der Waals surface area contributed by atoms with E-state index in [1.54, 1.807) is 0 Å². The highest BCUT2D eigenvalue weighted by atomic mass is 19.4. The summed E-state index contributed by atoms with van der Waals surface area (Å²) in [4.78, 5) is 42.6. The average molecular weight is 1010 g/mol. The zero-order chi connectivity index (χ0) is 53.4. The average Bonchev–Trinajstić information content (AvgIpc) is 4.08. The molecule has 380 valence electrons. The summed E-state index contributed by atoms with van der Waals surface area (Å²) in [7, 11) is 0. The highest BCUT2D eigenvalue weighted by molar-refractivity contribution is 6.03. The SMILES string of the molecule is CCc1cc(C(=O)Nc2ccc(C)c(C(F)(F)F)c2)on1.CCc1cc(C(=O)O)on1.Cc1ccc(N)cc1C(F)(F)F.Cc1ccc(NC(=O)c2cc(CN)no2)cc1C(F)(F)F.O=CC(F)(F)F. The van der Waals surface area contributed by atoms with E-state index in [1.165, 1.54) is 75.4 Å². The molecule has 3 heterocycles. The minimum atomic E-state index is -4.64. The van der Waals surface area contributed by atoms with Crippen LogP contribution in [0, 0.1) is 20.8 Å². The third kappa shape index (κ3) is 19.1. The van der Waals surface area contributed by atoms with Gasteiger partial charge in [-0.2, -0.15) is 52.7 Å². The number of nitrogens with zero attached hydrogens (tertiary/aromatic N) is 3. The van der Waals surface area contributed by atoms with E-state index in [1.807, 2.05) is 13.8 Å². The zero-order valence-corrected chi connectivity index (χ0v) is 37.0. The van der Waals surface area contributed by atoms with E-state index in [2.05, 4.69) is 30.6 Å². The molecule has 0 radical (unpaired) electrons. The van der Waals surface area contributed by atoms with Crippen LogP contribution in [0.3, 0.4) is 0 Å². The minimum absolute atomic E-state index is 0.0172. The first-order valence-corrected chi connectivity index (χ1v) is 19.6. The molecule has 3 aromatic heterocycles. The first-order valence-electron chi connectivity index (χ1n) is 19.6. The first-order chi connectivity index (χ1) is 32.3. The van der Waals surface area contributed by atoms with Crippen molar-refractivity contribution in [2.24, 2.45) is 5.73 Å². The number of anilines is 3. The van der Waals surface area contributed by atoms with Gasteiger partial charge in [-0.3, -0.25) is 14.4 Å². The van der Waals surface area contributed by atoms with E-state index < -0.39 is 65.5 Å².